The molecule has 0 aromatic heterocycles. The molecule has 1 N–H and O–H groups in total. The van der Waals surface area contributed by atoms with Crippen molar-refractivity contribution in [2.24, 2.45) is 0 Å². The molecule has 18 heavy (non-hydrogen) atoms. The third kappa shape index (κ3) is 2.58. The zero-order valence-electron chi connectivity index (χ0n) is 10.1. The number of nitrogens with zero attached hydrogens (tertiary/aromatic N) is 2. The maximum absolute atomic E-state index is 11.5. The second-order valence-electron chi connectivity index (χ2n) is 4.31. The highest BCUT2D eigenvalue weighted by molar-refractivity contribution is 5.78. The molecule has 1 atom stereocenters. The summed E-state index contributed by atoms with van der Waals surface area (Å²) in [5, 5.41) is 13.7. The Morgan fingerprint density at radius 1 is 1.39 bits per heavy atom. The highest BCUT2D eigenvalue weighted by Gasteiger charge is 2.24. The molecule has 0 bridgehead atoms. The van der Waals surface area contributed by atoms with E-state index in [-0.39, 0.29) is 17.8 Å². The molecule has 0 unspecified atom stereocenters. The molecule has 1 aromatic carbocycles. The molecule has 2 rings (SSSR count). The van der Waals surface area contributed by atoms with Crippen LogP contribution in [-0.4, -0.2) is 28.4 Å². The van der Waals surface area contributed by atoms with Gasteiger partial charge in [-0.1, -0.05) is 0 Å². The van der Waals surface area contributed by atoms with Gasteiger partial charge in [0.25, 0.3) is 5.69 Å². The first-order valence-corrected chi connectivity index (χ1v) is 5.88. The Bertz CT molecular complexity index is 458. The first kappa shape index (κ1) is 12.3. The first-order chi connectivity index (χ1) is 8.58. The lowest BCUT2D eigenvalue weighted by atomic mass is 10.2. The Hall–Kier alpha value is -2.11. The number of non-ortho nitro benzene ring substituents is 1. The molecule has 1 aromatic rings. The van der Waals surface area contributed by atoms with Crippen molar-refractivity contribution in [1.82, 2.24) is 4.90 Å². The summed E-state index contributed by atoms with van der Waals surface area (Å²) in [6, 6.07) is 6.19. The summed E-state index contributed by atoms with van der Waals surface area (Å²) in [5.74, 6) is 0.150. The van der Waals surface area contributed by atoms with Crippen LogP contribution in [0.3, 0.4) is 0 Å². The first-order valence-electron chi connectivity index (χ1n) is 5.88. The summed E-state index contributed by atoms with van der Waals surface area (Å²) in [6.07, 6.45) is 1.40. The van der Waals surface area contributed by atoms with E-state index in [9.17, 15) is 14.9 Å². The van der Waals surface area contributed by atoms with Crippen molar-refractivity contribution in [2.45, 2.75) is 25.9 Å². The van der Waals surface area contributed by atoms with Crippen LogP contribution < -0.4 is 5.32 Å². The van der Waals surface area contributed by atoms with Gasteiger partial charge in [0.2, 0.25) is 5.91 Å². The molecule has 1 amide bonds. The summed E-state index contributed by atoms with van der Waals surface area (Å²) in [6.45, 7) is 2.67. The monoisotopic (exact) mass is 249 g/mol. The number of nitrogens with one attached hydrogen (secondary N) is 1. The molecule has 0 aliphatic carbocycles. The molecule has 0 saturated carbocycles. The largest absolute Gasteiger partial charge is 0.365 e. The Balaban J connectivity index is 2.00. The molecule has 6 heteroatoms. The van der Waals surface area contributed by atoms with E-state index in [1.54, 1.807) is 17.0 Å². The molecule has 0 spiro atoms. The van der Waals surface area contributed by atoms with E-state index in [1.165, 1.54) is 12.1 Å². The van der Waals surface area contributed by atoms with Crippen molar-refractivity contribution in [2.75, 3.05) is 11.9 Å². The summed E-state index contributed by atoms with van der Waals surface area (Å²) in [7, 11) is 0. The normalized spacial score (nSPS) is 16.7. The van der Waals surface area contributed by atoms with Gasteiger partial charge < -0.3 is 10.2 Å². The number of nitro groups is 1. The number of hydrogen-bond acceptors (Lipinski definition) is 4. The number of amides is 1. The number of carbonyl (C=O) groups excluding carboxylic acids is 1. The fraction of sp³-hybridized carbons (Fsp3) is 0.417. The number of carbonyl (C=O) groups is 1. The van der Waals surface area contributed by atoms with Crippen LogP contribution in [0.25, 0.3) is 0 Å². The minimum Gasteiger partial charge on any atom is -0.365 e. The Morgan fingerprint density at radius 2 is 2.06 bits per heavy atom. The van der Waals surface area contributed by atoms with Gasteiger partial charge >= 0.3 is 0 Å². The van der Waals surface area contributed by atoms with Crippen LogP contribution in [0, 0.1) is 10.1 Å². The highest BCUT2D eigenvalue weighted by atomic mass is 16.6. The summed E-state index contributed by atoms with van der Waals surface area (Å²) in [4.78, 5) is 23.4. The number of nitro benzene ring substituents is 1. The topological polar surface area (TPSA) is 75.5 Å². The fourth-order valence-electron chi connectivity index (χ4n) is 2.08. The average Bonchev–Trinajstić information content (AvgIpc) is 2.76. The van der Waals surface area contributed by atoms with Crippen LogP contribution in [0.15, 0.2) is 24.3 Å². The number of anilines is 1. The lowest BCUT2D eigenvalue weighted by Crippen LogP contribution is -2.39. The minimum absolute atomic E-state index is 0.0606. The number of likely N-dealkylation sites (tertiary alicyclic amines) is 1. The minimum atomic E-state index is -0.433. The molecule has 1 aliphatic rings. The van der Waals surface area contributed by atoms with Crippen LogP contribution >= 0.6 is 0 Å². The van der Waals surface area contributed by atoms with Crippen molar-refractivity contribution < 1.29 is 9.72 Å². The predicted octanol–water partition coefficient (Wildman–Crippen LogP) is 1.98. The van der Waals surface area contributed by atoms with Crippen molar-refractivity contribution in [3.05, 3.63) is 34.4 Å². The van der Waals surface area contributed by atoms with Crippen LogP contribution in [0.5, 0.6) is 0 Å². The molecule has 1 heterocycles. The Kier molecular flexibility index (Phi) is 3.45. The van der Waals surface area contributed by atoms with Crippen LogP contribution in [0.4, 0.5) is 11.4 Å². The summed E-state index contributed by atoms with van der Waals surface area (Å²) in [5.41, 5.74) is 0.832. The molecular formula is C12H15N3O3. The Morgan fingerprint density at radius 3 is 2.56 bits per heavy atom. The predicted molar refractivity (Wildman–Crippen MR) is 67.1 cm³/mol. The molecule has 1 fully saturated rings. The van der Waals surface area contributed by atoms with Crippen molar-refractivity contribution in [3.8, 4) is 0 Å². The van der Waals surface area contributed by atoms with Gasteiger partial charge in [-0.05, 0) is 25.5 Å². The van der Waals surface area contributed by atoms with E-state index >= 15 is 0 Å². The van der Waals surface area contributed by atoms with Gasteiger partial charge in [-0.3, -0.25) is 14.9 Å². The van der Waals surface area contributed by atoms with Gasteiger partial charge in [-0.2, -0.15) is 0 Å². The van der Waals surface area contributed by atoms with E-state index < -0.39 is 4.92 Å². The average molecular weight is 249 g/mol. The van der Waals surface area contributed by atoms with Gasteiger partial charge in [0.05, 0.1) is 11.1 Å². The lowest BCUT2D eigenvalue weighted by Gasteiger charge is -2.25. The Labute approximate surface area is 105 Å². The summed E-state index contributed by atoms with van der Waals surface area (Å²) < 4.78 is 0. The number of benzene rings is 1. The van der Waals surface area contributed by atoms with E-state index in [1.807, 2.05) is 6.92 Å². The zero-order chi connectivity index (χ0) is 13.1. The van der Waals surface area contributed by atoms with Crippen LogP contribution in [-0.2, 0) is 4.79 Å². The van der Waals surface area contributed by atoms with Gasteiger partial charge in [0.1, 0.15) is 0 Å². The second kappa shape index (κ2) is 5.03. The van der Waals surface area contributed by atoms with E-state index in [0.29, 0.717) is 6.42 Å². The van der Waals surface area contributed by atoms with Gasteiger partial charge in [-0.15, -0.1) is 0 Å². The maximum atomic E-state index is 11.5. The van der Waals surface area contributed by atoms with E-state index in [2.05, 4.69) is 5.32 Å². The number of hydrogen-bond donors (Lipinski definition) is 1. The highest BCUT2D eigenvalue weighted by Crippen LogP contribution is 2.19. The summed E-state index contributed by atoms with van der Waals surface area (Å²) >= 11 is 0. The maximum Gasteiger partial charge on any atom is 0.269 e. The molecule has 1 saturated heterocycles. The molecule has 0 radical (unpaired) electrons. The van der Waals surface area contributed by atoms with E-state index in [0.717, 1.165) is 18.7 Å². The van der Waals surface area contributed by atoms with Gasteiger partial charge in [0.15, 0.2) is 0 Å². The van der Waals surface area contributed by atoms with E-state index in [4.69, 9.17) is 0 Å². The second-order valence-corrected chi connectivity index (χ2v) is 4.31. The van der Waals surface area contributed by atoms with Crippen molar-refractivity contribution >= 4 is 17.3 Å². The standard InChI is InChI=1S/C12H15N3O3/c1-9(14-8-2-3-12(14)16)13-10-4-6-11(7-5-10)15(17)18/h4-7,9,13H,2-3,8H2,1H3/t9-/m0/s1. The van der Waals surface area contributed by atoms with Crippen LogP contribution in [0.2, 0.25) is 0 Å². The van der Waals surface area contributed by atoms with Crippen LogP contribution in [0.1, 0.15) is 19.8 Å². The number of rotatable bonds is 4. The third-order valence-electron chi connectivity index (χ3n) is 3.03. The molecule has 6 nitrogen and oxygen atoms in total. The quantitative estimate of drug-likeness (QED) is 0.654. The van der Waals surface area contributed by atoms with Crippen molar-refractivity contribution in [1.29, 1.82) is 0 Å². The SMILES string of the molecule is C[C@@H](Nc1ccc([N+](=O)[O-])cc1)N1CCCC1=O. The van der Waals surface area contributed by atoms with Gasteiger partial charge in [0, 0.05) is 30.8 Å². The molecule has 1 aliphatic heterocycles. The fourth-order valence-corrected chi connectivity index (χ4v) is 2.08. The zero-order valence-corrected chi connectivity index (χ0v) is 10.1. The molecule has 96 valence electrons. The lowest BCUT2D eigenvalue weighted by molar-refractivity contribution is -0.384. The molecular weight excluding hydrogens is 234 g/mol. The smallest absolute Gasteiger partial charge is 0.269 e. The third-order valence-corrected chi connectivity index (χ3v) is 3.03. The van der Waals surface area contributed by atoms with Gasteiger partial charge in [-0.25, -0.2) is 0 Å². The van der Waals surface area contributed by atoms with Crippen molar-refractivity contribution in [3.63, 3.8) is 0 Å².